The van der Waals surface area contributed by atoms with Crippen molar-refractivity contribution in [3.05, 3.63) is 53.7 Å². The van der Waals surface area contributed by atoms with Crippen molar-refractivity contribution in [2.24, 2.45) is 0 Å². The molecule has 0 spiro atoms. The molecule has 0 saturated heterocycles. The van der Waals surface area contributed by atoms with Crippen LogP contribution in [0.1, 0.15) is 18.1 Å². The minimum Gasteiger partial charge on any atom is -0.351 e. The fraction of sp³-hybridized carbons (Fsp3) is 0.200. The summed E-state index contributed by atoms with van der Waals surface area (Å²) in [5, 5.41) is 6.17. The van der Waals surface area contributed by atoms with Gasteiger partial charge < -0.3 is 10.6 Å². The SMILES string of the molecule is Cc1cnc2c(c1)NC(=O)C(C)(c1ccccc1)N2. The van der Waals surface area contributed by atoms with Crippen molar-refractivity contribution in [3.8, 4) is 0 Å². The second kappa shape index (κ2) is 4.09. The van der Waals surface area contributed by atoms with Gasteiger partial charge >= 0.3 is 0 Å². The topological polar surface area (TPSA) is 54.0 Å². The molecule has 19 heavy (non-hydrogen) atoms. The molecule has 96 valence electrons. The van der Waals surface area contributed by atoms with E-state index >= 15 is 0 Å². The maximum Gasteiger partial charge on any atom is 0.254 e. The molecular weight excluding hydrogens is 238 g/mol. The zero-order valence-electron chi connectivity index (χ0n) is 10.9. The quantitative estimate of drug-likeness (QED) is 0.821. The van der Waals surface area contributed by atoms with E-state index in [1.807, 2.05) is 50.2 Å². The summed E-state index contributed by atoms with van der Waals surface area (Å²) in [5.41, 5.74) is 1.87. The Morgan fingerprint density at radius 3 is 2.68 bits per heavy atom. The number of carbonyl (C=O) groups excluding carboxylic acids is 1. The highest BCUT2D eigenvalue weighted by molar-refractivity contribution is 6.05. The van der Waals surface area contributed by atoms with Crippen LogP contribution in [0.5, 0.6) is 0 Å². The van der Waals surface area contributed by atoms with Crippen LogP contribution in [0, 0.1) is 6.92 Å². The Labute approximate surface area is 111 Å². The lowest BCUT2D eigenvalue weighted by molar-refractivity contribution is -0.120. The van der Waals surface area contributed by atoms with Gasteiger partial charge in [-0.1, -0.05) is 30.3 Å². The smallest absolute Gasteiger partial charge is 0.254 e. The van der Waals surface area contributed by atoms with E-state index in [0.717, 1.165) is 16.8 Å². The third-order valence-corrected chi connectivity index (χ3v) is 3.45. The Balaban J connectivity index is 2.07. The first kappa shape index (κ1) is 11.7. The number of hydrogen-bond acceptors (Lipinski definition) is 3. The Kier molecular flexibility index (Phi) is 2.52. The molecule has 0 bridgehead atoms. The van der Waals surface area contributed by atoms with Gasteiger partial charge in [0.05, 0.1) is 5.69 Å². The largest absolute Gasteiger partial charge is 0.351 e. The van der Waals surface area contributed by atoms with Crippen LogP contribution in [-0.2, 0) is 10.3 Å². The second-order valence-corrected chi connectivity index (χ2v) is 4.98. The normalized spacial score (nSPS) is 21.3. The van der Waals surface area contributed by atoms with Crippen molar-refractivity contribution in [1.29, 1.82) is 0 Å². The molecule has 1 atom stereocenters. The molecule has 4 nitrogen and oxygen atoms in total. The average Bonchev–Trinajstić information content (AvgIpc) is 2.42. The lowest BCUT2D eigenvalue weighted by atomic mass is 9.89. The highest BCUT2D eigenvalue weighted by atomic mass is 16.2. The molecule has 2 N–H and O–H groups in total. The molecule has 1 aromatic heterocycles. The molecule has 0 fully saturated rings. The Hall–Kier alpha value is -2.36. The zero-order chi connectivity index (χ0) is 13.5. The number of rotatable bonds is 1. The van der Waals surface area contributed by atoms with Crippen molar-refractivity contribution >= 4 is 17.4 Å². The van der Waals surface area contributed by atoms with Crippen LogP contribution >= 0.6 is 0 Å². The molecule has 0 saturated carbocycles. The Morgan fingerprint density at radius 2 is 1.95 bits per heavy atom. The number of anilines is 2. The molecule has 2 aromatic rings. The lowest BCUT2D eigenvalue weighted by Gasteiger charge is -2.35. The number of hydrogen-bond donors (Lipinski definition) is 2. The summed E-state index contributed by atoms with van der Waals surface area (Å²) in [6.07, 6.45) is 1.79. The summed E-state index contributed by atoms with van der Waals surface area (Å²) in [4.78, 5) is 16.7. The number of aromatic nitrogens is 1. The van der Waals surface area contributed by atoms with Crippen LogP contribution in [0.4, 0.5) is 11.5 Å². The van der Waals surface area contributed by atoms with Gasteiger partial charge in [0.1, 0.15) is 5.54 Å². The van der Waals surface area contributed by atoms with Gasteiger partial charge in [0.2, 0.25) is 0 Å². The number of nitrogens with one attached hydrogen (secondary N) is 2. The number of amides is 1. The van der Waals surface area contributed by atoms with Crippen molar-refractivity contribution in [2.45, 2.75) is 19.4 Å². The average molecular weight is 253 g/mol. The van der Waals surface area contributed by atoms with Gasteiger partial charge in [0.15, 0.2) is 5.82 Å². The van der Waals surface area contributed by atoms with Crippen molar-refractivity contribution in [3.63, 3.8) is 0 Å². The first-order valence-electron chi connectivity index (χ1n) is 6.21. The summed E-state index contributed by atoms with van der Waals surface area (Å²) < 4.78 is 0. The molecule has 4 heteroatoms. The van der Waals surface area contributed by atoms with E-state index in [9.17, 15) is 4.79 Å². The third kappa shape index (κ3) is 1.85. The van der Waals surface area contributed by atoms with Crippen molar-refractivity contribution in [2.75, 3.05) is 10.6 Å². The summed E-state index contributed by atoms with van der Waals surface area (Å²) in [5.74, 6) is 0.634. The summed E-state index contributed by atoms with van der Waals surface area (Å²) in [7, 11) is 0. The fourth-order valence-corrected chi connectivity index (χ4v) is 2.28. The van der Waals surface area contributed by atoms with Crippen molar-refractivity contribution < 1.29 is 4.79 Å². The van der Waals surface area contributed by atoms with Crippen molar-refractivity contribution in [1.82, 2.24) is 4.98 Å². The number of benzene rings is 1. The molecule has 1 unspecified atom stereocenters. The van der Waals surface area contributed by atoms with Gasteiger partial charge in [-0.15, -0.1) is 0 Å². The number of fused-ring (bicyclic) bond motifs is 1. The number of nitrogens with zero attached hydrogens (tertiary/aromatic N) is 1. The molecule has 1 aliphatic rings. The van der Waals surface area contributed by atoms with Gasteiger partial charge in [0.25, 0.3) is 5.91 Å². The van der Waals surface area contributed by atoms with Crippen LogP contribution in [0.15, 0.2) is 42.6 Å². The standard InChI is InChI=1S/C15H15N3O/c1-10-8-12-13(16-9-10)18-15(2,14(19)17-12)11-6-4-3-5-7-11/h3-9H,1-2H3,(H,16,18)(H,17,19). The van der Waals surface area contributed by atoms with E-state index in [-0.39, 0.29) is 5.91 Å². The van der Waals surface area contributed by atoms with Gasteiger partial charge in [-0.3, -0.25) is 4.79 Å². The lowest BCUT2D eigenvalue weighted by Crippen LogP contribution is -2.47. The van der Waals surface area contributed by atoms with Crippen LogP contribution in [0.3, 0.4) is 0 Å². The number of pyridine rings is 1. The molecule has 0 radical (unpaired) electrons. The summed E-state index contributed by atoms with van der Waals surface area (Å²) in [6, 6.07) is 11.6. The summed E-state index contributed by atoms with van der Waals surface area (Å²) >= 11 is 0. The maximum atomic E-state index is 12.4. The molecule has 2 heterocycles. The molecule has 1 aliphatic heterocycles. The Morgan fingerprint density at radius 1 is 1.21 bits per heavy atom. The summed E-state index contributed by atoms with van der Waals surface area (Å²) in [6.45, 7) is 3.81. The molecule has 1 aromatic carbocycles. The molecular formula is C15H15N3O. The predicted octanol–water partition coefficient (Wildman–Crippen LogP) is 2.67. The zero-order valence-corrected chi connectivity index (χ0v) is 10.9. The first-order valence-corrected chi connectivity index (χ1v) is 6.21. The highest BCUT2D eigenvalue weighted by Gasteiger charge is 2.39. The van der Waals surface area contributed by atoms with Crippen LogP contribution in [0.25, 0.3) is 0 Å². The minimum atomic E-state index is -0.795. The van der Waals surface area contributed by atoms with Crippen LogP contribution in [-0.4, -0.2) is 10.9 Å². The van der Waals surface area contributed by atoms with E-state index in [2.05, 4.69) is 15.6 Å². The second-order valence-electron chi connectivity index (χ2n) is 4.98. The minimum absolute atomic E-state index is 0.0707. The van der Waals surface area contributed by atoms with Gasteiger partial charge in [0, 0.05) is 6.20 Å². The van der Waals surface area contributed by atoms with Crippen LogP contribution in [0.2, 0.25) is 0 Å². The fourth-order valence-electron chi connectivity index (χ4n) is 2.28. The Bertz CT molecular complexity index is 639. The van der Waals surface area contributed by atoms with Crippen LogP contribution < -0.4 is 10.6 Å². The molecule has 1 amide bonds. The van der Waals surface area contributed by atoms with E-state index < -0.39 is 5.54 Å². The molecule has 0 aliphatic carbocycles. The first-order chi connectivity index (χ1) is 9.09. The predicted molar refractivity (Wildman–Crippen MR) is 75.0 cm³/mol. The number of aryl methyl sites for hydroxylation is 1. The van der Waals surface area contributed by atoms with E-state index in [1.165, 1.54) is 0 Å². The maximum absolute atomic E-state index is 12.4. The molecule has 3 rings (SSSR count). The third-order valence-electron chi connectivity index (χ3n) is 3.45. The monoisotopic (exact) mass is 253 g/mol. The van der Waals surface area contributed by atoms with Gasteiger partial charge in [-0.2, -0.15) is 0 Å². The van der Waals surface area contributed by atoms with Gasteiger partial charge in [-0.05, 0) is 31.0 Å². The van der Waals surface area contributed by atoms with E-state index in [1.54, 1.807) is 6.20 Å². The van der Waals surface area contributed by atoms with E-state index in [0.29, 0.717) is 5.82 Å². The van der Waals surface area contributed by atoms with Gasteiger partial charge in [-0.25, -0.2) is 4.98 Å². The highest BCUT2D eigenvalue weighted by Crippen LogP contribution is 2.35. The number of carbonyl (C=O) groups is 1. The van der Waals surface area contributed by atoms with E-state index in [4.69, 9.17) is 0 Å².